The van der Waals surface area contributed by atoms with Crippen molar-refractivity contribution >= 4 is 23.5 Å². The average Bonchev–Trinajstić information content (AvgIpc) is 2.43. The first kappa shape index (κ1) is 19.5. The molecule has 1 rings (SSSR count). The van der Waals surface area contributed by atoms with Crippen molar-refractivity contribution in [2.45, 2.75) is 39.2 Å². The Morgan fingerprint density at radius 3 is 2.61 bits per heavy atom. The van der Waals surface area contributed by atoms with Crippen LogP contribution in [0.15, 0.2) is 24.3 Å². The van der Waals surface area contributed by atoms with Gasteiger partial charge in [-0.05, 0) is 42.4 Å². The fourth-order valence-electron chi connectivity index (χ4n) is 2.54. The van der Waals surface area contributed by atoms with Crippen molar-refractivity contribution in [3.05, 3.63) is 34.9 Å². The summed E-state index contributed by atoms with van der Waals surface area (Å²) in [6.07, 6.45) is 1.18. The Morgan fingerprint density at radius 1 is 1.35 bits per heavy atom. The van der Waals surface area contributed by atoms with Crippen molar-refractivity contribution in [1.82, 2.24) is 5.32 Å². The minimum absolute atomic E-state index is 0.0436. The highest BCUT2D eigenvalue weighted by Crippen LogP contribution is 2.15. The van der Waals surface area contributed by atoms with Gasteiger partial charge in [-0.2, -0.15) is 0 Å². The van der Waals surface area contributed by atoms with Gasteiger partial charge in [0.2, 0.25) is 5.91 Å². The fourth-order valence-corrected chi connectivity index (χ4v) is 2.75. The molecular formula is C17H25ClN2O3. The Balaban J connectivity index is 2.51. The number of hydrogen-bond donors (Lipinski definition) is 3. The zero-order chi connectivity index (χ0) is 17.4. The molecule has 0 bridgehead atoms. The lowest BCUT2D eigenvalue weighted by Gasteiger charge is -2.19. The molecule has 1 aromatic carbocycles. The molecule has 0 saturated heterocycles. The molecule has 0 fully saturated rings. The summed E-state index contributed by atoms with van der Waals surface area (Å²) in [6, 6.07) is 6.54. The number of carbonyl (C=O) groups excluding carboxylic acids is 1. The molecule has 0 heterocycles. The second-order valence-electron chi connectivity index (χ2n) is 6.28. The Bertz CT molecular complexity index is 534. The largest absolute Gasteiger partial charge is 0.481 e. The number of nitrogens with one attached hydrogen (secondary N) is 1. The van der Waals surface area contributed by atoms with Crippen LogP contribution in [0, 0.1) is 11.8 Å². The van der Waals surface area contributed by atoms with Gasteiger partial charge in [0.05, 0.1) is 6.04 Å². The molecule has 23 heavy (non-hydrogen) atoms. The zero-order valence-corrected chi connectivity index (χ0v) is 14.3. The summed E-state index contributed by atoms with van der Waals surface area (Å²) in [6.45, 7) is 4.38. The number of carbonyl (C=O) groups is 2. The topological polar surface area (TPSA) is 92.4 Å². The van der Waals surface area contributed by atoms with E-state index in [0.717, 1.165) is 12.0 Å². The Labute approximate surface area is 142 Å². The van der Waals surface area contributed by atoms with Crippen molar-refractivity contribution < 1.29 is 14.7 Å². The maximum Gasteiger partial charge on any atom is 0.303 e. The van der Waals surface area contributed by atoms with Crippen molar-refractivity contribution in [2.24, 2.45) is 17.6 Å². The van der Waals surface area contributed by atoms with E-state index in [-0.39, 0.29) is 18.2 Å². The zero-order valence-electron chi connectivity index (χ0n) is 13.6. The van der Waals surface area contributed by atoms with Crippen LogP contribution in [0.1, 0.15) is 32.3 Å². The number of hydrogen-bond acceptors (Lipinski definition) is 3. The second-order valence-corrected chi connectivity index (χ2v) is 6.72. The molecule has 0 radical (unpaired) electrons. The number of amides is 1. The van der Waals surface area contributed by atoms with Crippen LogP contribution in [0.4, 0.5) is 0 Å². The number of aliphatic carboxylic acids is 1. The number of halogens is 1. The van der Waals surface area contributed by atoms with E-state index in [1.54, 1.807) is 12.1 Å². The van der Waals surface area contributed by atoms with Gasteiger partial charge in [-0.25, -0.2) is 0 Å². The molecule has 128 valence electrons. The van der Waals surface area contributed by atoms with Gasteiger partial charge in [-0.15, -0.1) is 0 Å². The fraction of sp³-hybridized carbons (Fsp3) is 0.529. The lowest BCUT2D eigenvalue weighted by molar-refractivity contribution is -0.138. The Hall–Kier alpha value is -1.59. The third-order valence-electron chi connectivity index (χ3n) is 3.51. The highest BCUT2D eigenvalue weighted by molar-refractivity contribution is 6.30. The summed E-state index contributed by atoms with van der Waals surface area (Å²) < 4.78 is 0. The van der Waals surface area contributed by atoms with Gasteiger partial charge in [-0.3, -0.25) is 9.59 Å². The van der Waals surface area contributed by atoms with Crippen LogP contribution in [0.25, 0.3) is 0 Å². The molecule has 0 spiro atoms. The molecule has 4 N–H and O–H groups in total. The van der Waals surface area contributed by atoms with Gasteiger partial charge in [0.1, 0.15) is 0 Å². The predicted molar refractivity (Wildman–Crippen MR) is 91.3 cm³/mol. The summed E-state index contributed by atoms with van der Waals surface area (Å²) in [5.41, 5.74) is 6.81. The van der Waals surface area contributed by atoms with Crippen LogP contribution in [-0.2, 0) is 16.0 Å². The van der Waals surface area contributed by atoms with E-state index >= 15 is 0 Å². The number of nitrogens with two attached hydrogens (primary N) is 1. The van der Waals surface area contributed by atoms with Crippen LogP contribution in [0.3, 0.4) is 0 Å². The maximum atomic E-state index is 12.1. The van der Waals surface area contributed by atoms with Gasteiger partial charge in [0, 0.05) is 18.0 Å². The molecule has 1 aromatic rings. The normalized spacial score (nSPS) is 13.6. The lowest BCUT2D eigenvalue weighted by Crippen LogP contribution is -2.44. The molecule has 5 nitrogen and oxygen atoms in total. The van der Waals surface area contributed by atoms with E-state index in [0.29, 0.717) is 23.9 Å². The molecule has 2 atom stereocenters. The first-order valence-corrected chi connectivity index (χ1v) is 8.15. The van der Waals surface area contributed by atoms with Crippen molar-refractivity contribution in [3.8, 4) is 0 Å². The molecular weight excluding hydrogens is 316 g/mol. The van der Waals surface area contributed by atoms with E-state index < -0.39 is 12.0 Å². The van der Waals surface area contributed by atoms with Gasteiger partial charge in [-0.1, -0.05) is 37.6 Å². The Morgan fingerprint density at radius 2 is 2.04 bits per heavy atom. The SMILES string of the molecule is CC(C)C[C@H](CNC(=O)[C@H](N)Cc1cccc(Cl)c1)CC(=O)O. The third kappa shape index (κ3) is 8.00. The number of benzene rings is 1. The van der Waals surface area contributed by atoms with Crippen LogP contribution >= 0.6 is 11.6 Å². The quantitative estimate of drug-likeness (QED) is 0.643. The number of carboxylic acids is 1. The van der Waals surface area contributed by atoms with E-state index in [9.17, 15) is 9.59 Å². The minimum atomic E-state index is -0.854. The molecule has 0 unspecified atom stereocenters. The predicted octanol–water partition coefficient (Wildman–Crippen LogP) is 2.46. The summed E-state index contributed by atoms with van der Waals surface area (Å²) in [5, 5.41) is 12.3. The van der Waals surface area contributed by atoms with Crippen molar-refractivity contribution in [2.75, 3.05) is 6.54 Å². The molecule has 6 heteroatoms. The first-order valence-electron chi connectivity index (χ1n) is 7.77. The first-order chi connectivity index (χ1) is 10.8. The summed E-state index contributed by atoms with van der Waals surface area (Å²) in [7, 11) is 0. The third-order valence-corrected chi connectivity index (χ3v) is 3.75. The summed E-state index contributed by atoms with van der Waals surface area (Å²) >= 11 is 5.91. The van der Waals surface area contributed by atoms with Crippen LogP contribution < -0.4 is 11.1 Å². The second kappa shape index (κ2) is 9.53. The van der Waals surface area contributed by atoms with E-state index in [1.807, 2.05) is 26.0 Å². The molecule has 0 aliphatic rings. The van der Waals surface area contributed by atoms with Crippen molar-refractivity contribution in [1.29, 1.82) is 0 Å². The van der Waals surface area contributed by atoms with E-state index in [2.05, 4.69) is 5.32 Å². The van der Waals surface area contributed by atoms with E-state index in [4.69, 9.17) is 22.4 Å². The summed E-state index contributed by atoms with van der Waals surface area (Å²) in [5.74, 6) is -0.844. The van der Waals surface area contributed by atoms with Gasteiger partial charge >= 0.3 is 5.97 Å². The van der Waals surface area contributed by atoms with Crippen molar-refractivity contribution in [3.63, 3.8) is 0 Å². The standard InChI is InChI=1S/C17H25ClN2O3/c1-11(2)6-13(9-16(21)22)10-20-17(23)15(19)8-12-4-3-5-14(18)7-12/h3-5,7,11,13,15H,6,8-10,19H2,1-2H3,(H,20,23)(H,21,22)/t13-,15+/m0/s1. The van der Waals surface area contributed by atoms with Crippen LogP contribution in [-0.4, -0.2) is 29.6 Å². The molecule has 0 saturated carbocycles. The highest BCUT2D eigenvalue weighted by atomic mass is 35.5. The molecule has 0 aliphatic carbocycles. The number of carboxylic acid groups (broad SMARTS) is 1. The summed E-state index contributed by atoms with van der Waals surface area (Å²) in [4.78, 5) is 23.0. The van der Waals surface area contributed by atoms with Crippen LogP contribution in [0.2, 0.25) is 5.02 Å². The monoisotopic (exact) mass is 340 g/mol. The van der Waals surface area contributed by atoms with Crippen LogP contribution in [0.5, 0.6) is 0 Å². The maximum absolute atomic E-state index is 12.1. The highest BCUT2D eigenvalue weighted by Gasteiger charge is 2.19. The molecule has 0 aliphatic heterocycles. The lowest BCUT2D eigenvalue weighted by atomic mass is 9.94. The number of rotatable bonds is 9. The van der Waals surface area contributed by atoms with Gasteiger partial charge < -0.3 is 16.2 Å². The molecule has 0 aromatic heterocycles. The smallest absolute Gasteiger partial charge is 0.303 e. The van der Waals surface area contributed by atoms with Gasteiger partial charge in [0.25, 0.3) is 0 Å². The molecule has 1 amide bonds. The average molecular weight is 341 g/mol. The minimum Gasteiger partial charge on any atom is -0.481 e. The van der Waals surface area contributed by atoms with E-state index in [1.165, 1.54) is 0 Å². The van der Waals surface area contributed by atoms with Gasteiger partial charge in [0.15, 0.2) is 0 Å². The Kier molecular flexibility index (Phi) is 8.06.